The van der Waals surface area contributed by atoms with Gasteiger partial charge in [-0.1, -0.05) is 71.3 Å². The molecule has 0 atom stereocenters. The van der Waals surface area contributed by atoms with E-state index in [2.05, 4.69) is 65.0 Å². The van der Waals surface area contributed by atoms with Crippen LogP contribution in [0.15, 0.2) is 76.9 Å². The summed E-state index contributed by atoms with van der Waals surface area (Å²) in [5.41, 5.74) is 10.1. The molecule has 1 aliphatic rings. The molecule has 3 aromatic rings. The van der Waals surface area contributed by atoms with E-state index in [1.165, 1.54) is 33.4 Å². The minimum atomic E-state index is 0.284. The van der Waals surface area contributed by atoms with Crippen molar-refractivity contribution in [2.75, 3.05) is 0 Å². The smallest absolute Gasteiger partial charge is 0.131 e. The predicted molar refractivity (Wildman–Crippen MR) is 115 cm³/mol. The summed E-state index contributed by atoms with van der Waals surface area (Å²) in [6, 6.07) is 18.8. The maximum atomic E-state index is 11.1. The van der Waals surface area contributed by atoms with Crippen LogP contribution in [0.3, 0.4) is 0 Å². The topological polar surface area (TPSA) is 20.2 Å². The molecule has 0 spiro atoms. The van der Waals surface area contributed by atoms with Crippen molar-refractivity contribution >= 4 is 10.8 Å². The lowest BCUT2D eigenvalue weighted by molar-refractivity contribution is 0.483. The Morgan fingerprint density at radius 1 is 0.704 bits per heavy atom. The summed E-state index contributed by atoms with van der Waals surface area (Å²) in [7, 11) is 0. The number of fused-ring (bicyclic) bond motifs is 1. The molecule has 27 heavy (non-hydrogen) atoms. The van der Waals surface area contributed by atoms with Crippen molar-refractivity contribution in [2.45, 2.75) is 40.5 Å². The van der Waals surface area contributed by atoms with Gasteiger partial charge in [-0.15, -0.1) is 0 Å². The maximum absolute atomic E-state index is 11.1. The summed E-state index contributed by atoms with van der Waals surface area (Å²) >= 11 is 0. The molecule has 0 heterocycles. The van der Waals surface area contributed by atoms with Crippen LogP contribution in [-0.2, 0) is 0 Å². The van der Waals surface area contributed by atoms with Crippen LogP contribution in [0.25, 0.3) is 21.9 Å². The predicted octanol–water partition coefficient (Wildman–Crippen LogP) is 7.29. The van der Waals surface area contributed by atoms with Gasteiger partial charge in [0.15, 0.2) is 0 Å². The Bertz CT molecular complexity index is 1100. The molecule has 0 saturated heterocycles. The zero-order valence-corrected chi connectivity index (χ0v) is 16.7. The van der Waals surface area contributed by atoms with Crippen LogP contribution >= 0.6 is 0 Å². The molecule has 0 fully saturated rings. The zero-order chi connectivity index (χ0) is 19.3. The number of phenols is 1. The van der Waals surface area contributed by atoms with Crippen LogP contribution in [0.5, 0.6) is 5.75 Å². The lowest BCUT2D eigenvalue weighted by atomic mass is 9.83. The third-order valence-corrected chi connectivity index (χ3v) is 6.32. The average Bonchev–Trinajstić information content (AvgIpc) is 2.86. The van der Waals surface area contributed by atoms with Gasteiger partial charge in [-0.05, 0) is 62.3 Å². The Morgan fingerprint density at radius 3 is 2.07 bits per heavy atom. The van der Waals surface area contributed by atoms with Crippen LogP contribution in [0, 0.1) is 6.92 Å². The van der Waals surface area contributed by atoms with E-state index in [0.717, 1.165) is 21.9 Å². The summed E-state index contributed by atoms with van der Waals surface area (Å²) in [5.74, 6) is 0.654. The van der Waals surface area contributed by atoms with E-state index < -0.39 is 0 Å². The highest BCUT2D eigenvalue weighted by Gasteiger charge is 2.28. The van der Waals surface area contributed by atoms with Crippen molar-refractivity contribution in [1.82, 2.24) is 0 Å². The number of rotatable bonds is 2. The Hall–Kier alpha value is -2.80. The molecule has 0 radical (unpaired) electrons. The largest absolute Gasteiger partial charge is 0.507 e. The molecule has 0 saturated carbocycles. The first-order chi connectivity index (χ1) is 12.9. The summed E-state index contributed by atoms with van der Waals surface area (Å²) in [4.78, 5) is 0. The molecule has 0 unspecified atom stereocenters. The SMILES string of the molecule is CC1=C(C)C(c2ccc(C)cc2-c2ccc3ccccc3c2O)C(C)=C1C. The normalized spacial score (nSPS) is 15.3. The number of phenolic OH excluding ortho intramolecular Hbond substituents is 1. The van der Waals surface area contributed by atoms with Gasteiger partial charge in [0.05, 0.1) is 0 Å². The van der Waals surface area contributed by atoms with Gasteiger partial charge in [-0.25, -0.2) is 0 Å². The van der Waals surface area contributed by atoms with Crippen LogP contribution < -0.4 is 0 Å². The Kier molecular flexibility index (Phi) is 4.19. The first-order valence-corrected chi connectivity index (χ1v) is 9.57. The fourth-order valence-corrected chi connectivity index (χ4v) is 4.44. The lowest BCUT2D eigenvalue weighted by Gasteiger charge is -2.21. The van der Waals surface area contributed by atoms with Crippen molar-refractivity contribution < 1.29 is 5.11 Å². The standard InChI is InChI=1S/C26H26O/c1-15-10-12-22(25-18(4)16(2)17(3)19(25)5)24(14-15)23-13-11-20-8-6-7-9-21(20)26(23)27/h6-14,25,27H,1-5H3. The van der Waals surface area contributed by atoms with Gasteiger partial charge in [0.25, 0.3) is 0 Å². The van der Waals surface area contributed by atoms with Gasteiger partial charge in [-0.2, -0.15) is 0 Å². The highest BCUT2D eigenvalue weighted by Crippen LogP contribution is 2.48. The number of hydrogen-bond donors (Lipinski definition) is 1. The zero-order valence-electron chi connectivity index (χ0n) is 16.7. The van der Waals surface area contributed by atoms with Crippen LogP contribution in [0.1, 0.15) is 44.7 Å². The molecule has 4 rings (SSSR count). The van der Waals surface area contributed by atoms with E-state index in [1.54, 1.807) is 0 Å². The van der Waals surface area contributed by atoms with Crippen molar-refractivity contribution in [3.05, 3.63) is 88.0 Å². The second-order valence-corrected chi connectivity index (χ2v) is 7.82. The van der Waals surface area contributed by atoms with Gasteiger partial charge < -0.3 is 5.11 Å². The maximum Gasteiger partial charge on any atom is 0.131 e. The van der Waals surface area contributed by atoms with Gasteiger partial charge in [0.2, 0.25) is 0 Å². The molecule has 1 heteroatoms. The minimum absolute atomic E-state index is 0.284. The second kappa shape index (κ2) is 6.42. The molecule has 0 aromatic heterocycles. The first kappa shape index (κ1) is 17.6. The number of aromatic hydroxyl groups is 1. The summed E-state index contributed by atoms with van der Waals surface area (Å²) in [5, 5.41) is 13.0. The summed E-state index contributed by atoms with van der Waals surface area (Å²) in [6.45, 7) is 11.0. The van der Waals surface area contributed by atoms with Crippen molar-refractivity contribution in [3.63, 3.8) is 0 Å². The third-order valence-electron chi connectivity index (χ3n) is 6.32. The van der Waals surface area contributed by atoms with E-state index in [0.29, 0.717) is 5.75 Å². The Morgan fingerprint density at radius 2 is 1.37 bits per heavy atom. The van der Waals surface area contributed by atoms with E-state index >= 15 is 0 Å². The number of benzene rings is 3. The average molecular weight is 354 g/mol. The van der Waals surface area contributed by atoms with E-state index in [-0.39, 0.29) is 5.92 Å². The Labute approximate surface area is 161 Å². The second-order valence-electron chi connectivity index (χ2n) is 7.82. The van der Waals surface area contributed by atoms with Crippen LogP contribution in [-0.4, -0.2) is 5.11 Å². The molecule has 1 N–H and O–H groups in total. The number of aryl methyl sites for hydroxylation is 1. The Balaban J connectivity index is 1.99. The monoisotopic (exact) mass is 354 g/mol. The molecule has 0 amide bonds. The number of allylic oxidation sites excluding steroid dienone is 4. The van der Waals surface area contributed by atoms with Gasteiger partial charge in [0.1, 0.15) is 5.75 Å². The summed E-state index contributed by atoms with van der Waals surface area (Å²) in [6.07, 6.45) is 0. The lowest BCUT2D eigenvalue weighted by Crippen LogP contribution is -2.02. The molecular formula is C26H26O. The van der Waals surface area contributed by atoms with Crippen molar-refractivity contribution in [3.8, 4) is 16.9 Å². The molecule has 0 aliphatic heterocycles. The van der Waals surface area contributed by atoms with E-state index in [4.69, 9.17) is 0 Å². The van der Waals surface area contributed by atoms with Crippen molar-refractivity contribution in [1.29, 1.82) is 0 Å². The molecule has 0 bridgehead atoms. The quantitative estimate of drug-likeness (QED) is 0.512. The van der Waals surface area contributed by atoms with E-state index in [1.807, 2.05) is 24.3 Å². The molecular weight excluding hydrogens is 328 g/mol. The van der Waals surface area contributed by atoms with Gasteiger partial charge in [0, 0.05) is 16.9 Å². The van der Waals surface area contributed by atoms with Gasteiger partial charge >= 0.3 is 0 Å². The van der Waals surface area contributed by atoms with Crippen molar-refractivity contribution in [2.24, 2.45) is 0 Å². The third kappa shape index (κ3) is 2.70. The van der Waals surface area contributed by atoms with Gasteiger partial charge in [-0.3, -0.25) is 0 Å². The molecule has 1 aliphatic carbocycles. The van der Waals surface area contributed by atoms with Crippen LogP contribution in [0.4, 0.5) is 0 Å². The highest BCUT2D eigenvalue weighted by atomic mass is 16.3. The molecule has 1 nitrogen and oxygen atoms in total. The first-order valence-electron chi connectivity index (χ1n) is 9.57. The minimum Gasteiger partial charge on any atom is -0.507 e. The number of hydrogen-bond acceptors (Lipinski definition) is 1. The summed E-state index contributed by atoms with van der Waals surface area (Å²) < 4.78 is 0. The van der Waals surface area contributed by atoms with E-state index in [9.17, 15) is 5.11 Å². The fraction of sp³-hybridized carbons (Fsp3) is 0.231. The fourth-order valence-electron chi connectivity index (χ4n) is 4.44. The molecule has 3 aromatic carbocycles. The molecule has 136 valence electrons. The highest BCUT2D eigenvalue weighted by molar-refractivity contribution is 5.95. The van der Waals surface area contributed by atoms with Crippen LogP contribution in [0.2, 0.25) is 0 Å².